The zero-order valence-corrected chi connectivity index (χ0v) is 17.9. The molecule has 0 saturated heterocycles. The summed E-state index contributed by atoms with van der Waals surface area (Å²) in [7, 11) is -3.74. The molecule has 1 N–H and O–H groups in total. The van der Waals surface area contributed by atoms with Crippen LogP contribution in [0.15, 0.2) is 42.5 Å². The van der Waals surface area contributed by atoms with Crippen LogP contribution in [-0.4, -0.2) is 26.6 Å². The SMILES string of the molecule is CC(C)c1ccccc1NC(=O)C(C)N(c1ccc(Cl)c(Cl)c1)S(C)(=O)=O. The van der Waals surface area contributed by atoms with E-state index in [1.165, 1.54) is 25.1 Å². The molecule has 0 aliphatic heterocycles. The predicted molar refractivity (Wildman–Crippen MR) is 112 cm³/mol. The summed E-state index contributed by atoms with van der Waals surface area (Å²) in [5, 5.41) is 3.35. The Labute approximate surface area is 170 Å². The van der Waals surface area contributed by atoms with E-state index in [9.17, 15) is 13.2 Å². The second kappa shape index (κ2) is 8.50. The van der Waals surface area contributed by atoms with Crippen molar-refractivity contribution in [2.75, 3.05) is 15.9 Å². The van der Waals surface area contributed by atoms with Crippen molar-refractivity contribution in [3.8, 4) is 0 Å². The first kappa shape index (κ1) is 21.5. The minimum absolute atomic E-state index is 0.206. The molecule has 2 aromatic rings. The van der Waals surface area contributed by atoms with E-state index in [-0.39, 0.29) is 16.6 Å². The van der Waals surface area contributed by atoms with Gasteiger partial charge in [-0.3, -0.25) is 9.10 Å². The number of nitrogens with zero attached hydrogens (tertiary/aromatic N) is 1. The molecule has 27 heavy (non-hydrogen) atoms. The second-order valence-corrected chi connectivity index (χ2v) is 9.24. The van der Waals surface area contributed by atoms with Crippen molar-refractivity contribution >= 4 is 50.5 Å². The number of amides is 1. The van der Waals surface area contributed by atoms with Gasteiger partial charge in [-0.1, -0.05) is 55.2 Å². The van der Waals surface area contributed by atoms with Gasteiger partial charge in [-0.05, 0) is 42.7 Å². The zero-order valence-electron chi connectivity index (χ0n) is 15.5. The predicted octanol–water partition coefficient (Wildman–Crippen LogP) is 4.91. The highest BCUT2D eigenvalue weighted by atomic mass is 35.5. The van der Waals surface area contributed by atoms with E-state index < -0.39 is 22.0 Å². The summed E-state index contributed by atoms with van der Waals surface area (Å²) in [6.45, 7) is 5.57. The fraction of sp³-hybridized carbons (Fsp3) is 0.316. The first-order valence-corrected chi connectivity index (χ1v) is 11.0. The molecule has 146 valence electrons. The largest absolute Gasteiger partial charge is 0.324 e. The Morgan fingerprint density at radius 1 is 1.04 bits per heavy atom. The van der Waals surface area contributed by atoms with Gasteiger partial charge in [-0.2, -0.15) is 0 Å². The van der Waals surface area contributed by atoms with Crippen LogP contribution in [-0.2, 0) is 14.8 Å². The summed E-state index contributed by atoms with van der Waals surface area (Å²) in [6.07, 6.45) is 1.04. The third-order valence-electron chi connectivity index (χ3n) is 4.09. The first-order chi connectivity index (χ1) is 12.5. The van der Waals surface area contributed by atoms with Crippen LogP contribution in [0, 0.1) is 0 Å². The molecule has 0 heterocycles. The topological polar surface area (TPSA) is 66.5 Å². The number of sulfonamides is 1. The lowest BCUT2D eigenvalue weighted by Crippen LogP contribution is -2.45. The number of rotatable bonds is 6. The number of para-hydroxylation sites is 1. The summed E-state index contributed by atoms with van der Waals surface area (Å²) in [4.78, 5) is 12.8. The van der Waals surface area contributed by atoms with Crippen LogP contribution >= 0.6 is 23.2 Å². The molecule has 2 aromatic carbocycles. The quantitative estimate of drug-likeness (QED) is 0.710. The van der Waals surface area contributed by atoms with Crippen LogP contribution in [0.4, 0.5) is 11.4 Å². The van der Waals surface area contributed by atoms with Gasteiger partial charge >= 0.3 is 0 Å². The van der Waals surface area contributed by atoms with Crippen LogP contribution in [0.25, 0.3) is 0 Å². The van der Waals surface area contributed by atoms with Crippen molar-refractivity contribution in [3.63, 3.8) is 0 Å². The molecular formula is C19H22Cl2N2O3S. The fourth-order valence-electron chi connectivity index (χ4n) is 2.78. The number of carbonyl (C=O) groups excluding carboxylic acids is 1. The minimum Gasteiger partial charge on any atom is -0.324 e. The molecule has 0 fully saturated rings. The molecule has 0 radical (unpaired) electrons. The van der Waals surface area contributed by atoms with Gasteiger partial charge in [-0.15, -0.1) is 0 Å². The summed E-state index contributed by atoms with van der Waals surface area (Å²) in [5.74, 6) is -0.238. The Morgan fingerprint density at radius 3 is 2.22 bits per heavy atom. The summed E-state index contributed by atoms with van der Waals surface area (Å²) >= 11 is 11.9. The molecule has 0 aliphatic carbocycles. The second-order valence-electron chi connectivity index (χ2n) is 6.56. The first-order valence-electron chi connectivity index (χ1n) is 8.36. The van der Waals surface area contributed by atoms with E-state index in [1.54, 1.807) is 6.07 Å². The molecular weight excluding hydrogens is 407 g/mol. The molecule has 0 spiro atoms. The Balaban J connectivity index is 2.37. The number of benzene rings is 2. The maximum absolute atomic E-state index is 12.8. The smallest absolute Gasteiger partial charge is 0.248 e. The van der Waals surface area contributed by atoms with Crippen LogP contribution in [0.3, 0.4) is 0 Å². The molecule has 1 unspecified atom stereocenters. The van der Waals surface area contributed by atoms with Gasteiger partial charge in [0.2, 0.25) is 15.9 Å². The van der Waals surface area contributed by atoms with Crippen molar-refractivity contribution in [1.29, 1.82) is 0 Å². The van der Waals surface area contributed by atoms with Crippen molar-refractivity contribution < 1.29 is 13.2 Å². The molecule has 0 aromatic heterocycles. The minimum atomic E-state index is -3.74. The van der Waals surface area contributed by atoms with E-state index in [1.807, 2.05) is 32.0 Å². The van der Waals surface area contributed by atoms with Gasteiger partial charge in [0.25, 0.3) is 0 Å². The molecule has 0 saturated carbocycles. The number of hydrogen-bond donors (Lipinski definition) is 1. The normalized spacial score (nSPS) is 12.7. The van der Waals surface area contributed by atoms with Gasteiger partial charge in [-0.25, -0.2) is 8.42 Å². The summed E-state index contributed by atoms with van der Waals surface area (Å²) < 4.78 is 25.8. The van der Waals surface area contributed by atoms with E-state index in [4.69, 9.17) is 23.2 Å². The Kier molecular flexibility index (Phi) is 6.78. The van der Waals surface area contributed by atoms with Gasteiger partial charge in [0.05, 0.1) is 22.0 Å². The lowest BCUT2D eigenvalue weighted by Gasteiger charge is -2.29. The van der Waals surface area contributed by atoms with Gasteiger partial charge in [0.15, 0.2) is 0 Å². The summed E-state index contributed by atoms with van der Waals surface area (Å²) in [6, 6.07) is 10.9. The number of anilines is 2. The average Bonchev–Trinajstić information content (AvgIpc) is 2.57. The van der Waals surface area contributed by atoms with Crippen LogP contribution in [0.1, 0.15) is 32.3 Å². The molecule has 0 aliphatic rings. The lowest BCUT2D eigenvalue weighted by molar-refractivity contribution is -0.116. The standard InChI is InChI=1S/C19H22Cl2N2O3S/c1-12(2)15-7-5-6-8-18(15)22-19(24)13(3)23(27(4,25)26)14-9-10-16(20)17(21)11-14/h5-13H,1-4H3,(H,22,24). The van der Waals surface area contributed by atoms with E-state index in [2.05, 4.69) is 5.32 Å². The van der Waals surface area contributed by atoms with E-state index >= 15 is 0 Å². The van der Waals surface area contributed by atoms with Crippen molar-refractivity contribution in [1.82, 2.24) is 0 Å². The fourth-order valence-corrected chi connectivity index (χ4v) is 4.24. The Hall–Kier alpha value is -1.76. The molecule has 2 rings (SSSR count). The molecule has 1 atom stereocenters. The number of hydrogen-bond acceptors (Lipinski definition) is 3. The monoisotopic (exact) mass is 428 g/mol. The lowest BCUT2D eigenvalue weighted by atomic mass is 10.0. The highest BCUT2D eigenvalue weighted by Crippen LogP contribution is 2.30. The highest BCUT2D eigenvalue weighted by Gasteiger charge is 2.30. The van der Waals surface area contributed by atoms with Crippen LogP contribution in [0.2, 0.25) is 10.0 Å². The maximum atomic E-state index is 12.8. The van der Waals surface area contributed by atoms with Crippen LogP contribution in [0.5, 0.6) is 0 Å². The average molecular weight is 429 g/mol. The number of halogens is 2. The van der Waals surface area contributed by atoms with Gasteiger partial charge < -0.3 is 5.32 Å². The van der Waals surface area contributed by atoms with E-state index in [0.717, 1.165) is 16.1 Å². The van der Waals surface area contributed by atoms with Crippen LogP contribution < -0.4 is 9.62 Å². The Bertz CT molecular complexity index is 946. The maximum Gasteiger partial charge on any atom is 0.248 e. The summed E-state index contributed by atoms with van der Waals surface area (Å²) in [5.41, 5.74) is 1.90. The van der Waals surface area contributed by atoms with E-state index in [0.29, 0.717) is 10.7 Å². The van der Waals surface area contributed by atoms with Crippen molar-refractivity contribution in [2.45, 2.75) is 32.7 Å². The van der Waals surface area contributed by atoms with Gasteiger partial charge in [0, 0.05) is 5.69 Å². The van der Waals surface area contributed by atoms with Gasteiger partial charge in [0.1, 0.15) is 6.04 Å². The highest BCUT2D eigenvalue weighted by molar-refractivity contribution is 7.92. The third kappa shape index (κ3) is 5.15. The molecule has 1 amide bonds. The molecule has 8 heteroatoms. The number of nitrogens with one attached hydrogen (secondary N) is 1. The zero-order chi connectivity index (χ0) is 20.4. The van der Waals surface area contributed by atoms with Crippen molar-refractivity contribution in [3.05, 3.63) is 58.1 Å². The number of carbonyl (C=O) groups is 1. The molecule has 5 nitrogen and oxygen atoms in total. The van der Waals surface area contributed by atoms with Crippen molar-refractivity contribution in [2.24, 2.45) is 0 Å². The molecule has 0 bridgehead atoms. The Morgan fingerprint density at radius 2 is 1.67 bits per heavy atom. The third-order valence-corrected chi connectivity index (χ3v) is 6.07.